The largest absolute Gasteiger partial charge is 0.393 e. The van der Waals surface area contributed by atoms with Gasteiger partial charge in [0.2, 0.25) is 0 Å². The lowest BCUT2D eigenvalue weighted by Gasteiger charge is -2.11. The fourth-order valence-corrected chi connectivity index (χ4v) is 3.51. The molecule has 22 heavy (non-hydrogen) atoms. The van der Waals surface area contributed by atoms with E-state index in [2.05, 4.69) is 10.3 Å². The molecule has 0 fully saturated rings. The lowest BCUT2D eigenvalue weighted by Crippen LogP contribution is -2.27. The van der Waals surface area contributed by atoms with Crippen molar-refractivity contribution in [3.63, 3.8) is 0 Å². The molecule has 0 aliphatic carbocycles. The smallest absolute Gasteiger partial charge is 0.252 e. The van der Waals surface area contributed by atoms with Crippen LogP contribution in [-0.2, 0) is 5.75 Å². The highest BCUT2D eigenvalue weighted by atomic mass is 32.2. The minimum absolute atomic E-state index is 0.0929. The number of thioether (sulfide) groups is 1. The lowest BCUT2D eigenvalue weighted by atomic mass is 10.2. The summed E-state index contributed by atoms with van der Waals surface area (Å²) < 4.78 is 0. The zero-order valence-corrected chi connectivity index (χ0v) is 14.1. The number of nitrogens with one attached hydrogen (secondary N) is 1. The third-order valence-corrected chi connectivity index (χ3v) is 4.97. The van der Waals surface area contributed by atoms with Crippen LogP contribution in [0.5, 0.6) is 0 Å². The normalized spacial score (nSPS) is 12.1. The Morgan fingerprint density at radius 2 is 2.27 bits per heavy atom. The molecular weight excluding hydrogens is 316 g/mol. The van der Waals surface area contributed by atoms with E-state index < -0.39 is 0 Å². The fourth-order valence-electron chi connectivity index (χ4n) is 1.89. The molecule has 0 saturated carbocycles. The summed E-state index contributed by atoms with van der Waals surface area (Å²) in [5.41, 5.74) is 3.51. The highest BCUT2D eigenvalue weighted by molar-refractivity contribution is 7.98. The molecule has 2 aromatic rings. The third-order valence-electron chi connectivity index (χ3n) is 3.23. The summed E-state index contributed by atoms with van der Waals surface area (Å²) in [7, 11) is 0. The van der Waals surface area contributed by atoms with Gasteiger partial charge in [-0.2, -0.15) is 0 Å². The Bertz CT molecular complexity index is 588. The molecule has 1 aromatic heterocycles. The number of nitrogens with zero attached hydrogens (tertiary/aromatic N) is 1. The van der Waals surface area contributed by atoms with Gasteiger partial charge in [-0.1, -0.05) is 19.1 Å². The maximum absolute atomic E-state index is 12.3. The maximum atomic E-state index is 12.3. The number of carbonyl (C=O) groups is 1. The summed E-state index contributed by atoms with van der Waals surface area (Å²) in [6.45, 7) is 2.41. The van der Waals surface area contributed by atoms with Gasteiger partial charge in [-0.25, -0.2) is 4.98 Å². The van der Waals surface area contributed by atoms with Crippen LogP contribution >= 0.6 is 23.1 Å². The van der Waals surface area contributed by atoms with E-state index in [1.165, 1.54) is 0 Å². The second-order valence-corrected chi connectivity index (χ2v) is 6.61. The Balaban J connectivity index is 1.93. The van der Waals surface area contributed by atoms with Crippen molar-refractivity contribution in [3.8, 4) is 0 Å². The van der Waals surface area contributed by atoms with Crippen molar-refractivity contribution < 1.29 is 9.90 Å². The van der Waals surface area contributed by atoms with Crippen LogP contribution in [0.2, 0.25) is 0 Å². The molecule has 118 valence electrons. The average Bonchev–Trinajstić information content (AvgIpc) is 3.06. The Labute approximate surface area is 139 Å². The number of hydrogen-bond acceptors (Lipinski definition) is 5. The van der Waals surface area contributed by atoms with Crippen molar-refractivity contribution in [2.75, 3.05) is 6.54 Å². The topological polar surface area (TPSA) is 62.2 Å². The van der Waals surface area contributed by atoms with E-state index in [-0.39, 0.29) is 12.0 Å². The van der Waals surface area contributed by atoms with Gasteiger partial charge < -0.3 is 10.4 Å². The van der Waals surface area contributed by atoms with E-state index in [0.29, 0.717) is 24.9 Å². The van der Waals surface area contributed by atoms with Gasteiger partial charge in [0.05, 0.1) is 22.9 Å². The standard InChI is InChI=1S/C16H20N2O2S2/c1-2-13(19)7-8-17-16(20)14-5-3-4-6-15(14)22-10-12-9-21-11-18-12/h3-6,9,11,13,19H,2,7-8,10H2,1H3,(H,17,20). The molecule has 1 unspecified atom stereocenters. The van der Waals surface area contributed by atoms with Gasteiger partial charge in [0.25, 0.3) is 5.91 Å². The Morgan fingerprint density at radius 3 is 3.00 bits per heavy atom. The monoisotopic (exact) mass is 336 g/mol. The number of amides is 1. The minimum Gasteiger partial charge on any atom is -0.393 e. The van der Waals surface area contributed by atoms with Gasteiger partial charge in [-0.3, -0.25) is 4.79 Å². The predicted molar refractivity (Wildman–Crippen MR) is 91.4 cm³/mol. The van der Waals surface area contributed by atoms with Gasteiger partial charge in [0.15, 0.2) is 0 Å². The highest BCUT2D eigenvalue weighted by Crippen LogP contribution is 2.26. The van der Waals surface area contributed by atoms with E-state index >= 15 is 0 Å². The quantitative estimate of drug-likeness (QED) is 0.726. The first-order valence-electron chi connectivity index (χ1n) is 7.26. The molecular formula is C16H20N2O2S2. The molecule has 2 rings (SSSR count). The second-order valence-electron chi connectivity index (χ2n) is 4.87. The zero-order valence-electron chi connectivity index (χ0n) is 12.5. The number of rotatable bonds is 8. The van der Waals surface area contributed by atoms with Gasteiger partial charge in [0, 0.05) is 22.6 Å². The van der Waals surface area contributed by atoms with E-state index in [9.17, 15) is 9.90 Å². The van der Waals surface area contributed by atoms with Crippen LogP contribution in [0.15, 0.2) is 40.1 Å². The molecule has 0 saturated heterocycles. The molecule has 0 aliphatic rings. The summed E-state index contributed by atoms with van der Waals surface area (Å²) in [4.78, 5) is 17.5. The van der Waals surface area contributed by atoms with Crippen molar-refractivity contribution in [2.24, 2.45) is 0 Å². The first kappa shape index (κ1) is 17.0. The molecule has 0 aliphatic heterocycles. The van der Waals surface area contributed by atoms with Gasteiger partial charge in [-0.15, -0.1) is 23.1 Å². The zero-order chi connectivity index (χ0) is 15.8. The van der Waals surface area contributed by atoms with Crippen LogP contribution in [0.1, 0.15) is 35.8 Å². The number of benzene rings is 1. The molecule has 0 bridgehead atoms. The summed E-state index contributed by atoms with van der Waals surface area (Å²) >= 11 is 3.19. The first-order valence-corrected chi connectivity index (χ1v) is 9.18. The number of carbonyl (C=O) groups excluding carboxylic acids is 1. The lowest BCUT2D eigenvalue weighted by molar-refractivity contribution is 0.0939. The van der Waals surface area contributed by atoms with E-state index in [4.69, 9.17) is 0 Å². The van der Waals surface area contributed by atoms with Crippen molar-refractivity contribution in [1.29, 1.82) is 0 Å². The first-order chi connectivity index (χ1) is 10.7. The van der Waals surface area contributed by atoms with Gasteiger partial charge in [-0.05, 0) is 25.0 Å². The van der Waals surface area contributed by atoms with E-state index in [1.807, 2.05) is 42.1 Å². The van der Waals surface area contributed by atoms with Crippen LogP contribution in [0, 0.1) is 0 Å². The van der Waals surface area contributed by atoms with E-state index in [0.717, 1.165) is 16.3 Å². The second kappa shape index (κ2) is 8.92. The Morgan fingerprint density at radius 1 is 1.45 bits per heavy atom. The molecule has 0 radical (unpaired) electrons. The number of aliphatic hydroxyl groups is 1. The van der Waals surface area contributed by atoms with Gasteiger partial charge >= 0.3 is 0 Å². The van der Waals surface area contributed by atoms with Crippen LogP contribution in [0.4, 0.5) is 0 Å². The SMILES string of the molecule is CCC(O)CCNC(=O)c1ccccc1SCc1cscn1. The Kier molecular flexibility index (Phi) is 6.89. The van der Waals surface area contributed by atoms with E-state index in [1.54, 1.807) is 23.1 Å². The molecule has 1 amide bonds. The van der Waals surface area contributed by atoms with Crippen LogP contribution < -0.4 is 5.32 Å². The Hall–Kier alpha value is -1.37. The summed E-state index contributed by atoms with van der Waals surface area (Å²) in [5, 5.41) is 14.4. The fraction of sp³-hybridized carbons (Fsp3) is 0.375. The molecule has 1 heterocycles. The van der Waals surface area contributed by atoms with Gasteiger partial charge in [0.1, 0.15) is 0 Å². The maximum Gasteiger partial charge on any atom is 0.252 e. The number of aromatic nitrogens is 1. The number of hydrogen-bond donors (Lipinski definition) is 2. The van der Waals surface area contributed by atoms with Crippen LogP contribution in [0.25, 0.3) is 0 Å². The van der Waals surface area contributed by atoms with Crippen LogP contribution in [0.3, 0.4) is 0 Å². The minimum atomic E-state index is -0.352. The average molecular weight is 336 g/mol. The number of aliphatic hydroxyl groups excluding tert-OH is 1. The van der Waals surface area contributed by atoms with Crippen molar-refractivity contribution in [1.82, 2.24) is 10.3 Å². The summed E-state index contributed by atoms with van der Waals surface area (Å²) in [6.07, 6.45) is 0.932. The summed E-state index contributed by atoms with van der Waals surface area (Å²) in [5.74, 6) is 0.659. The molecule has 4 nitrogen and oxygen atoms in total. The van der Waals surface area contributed by atoms with Crippen molar-refractivity contribution >= 4 is 29.0 Å². The predicted octanol–water partition coefficient (Wildman–Crippen LogP) is 3.33. The molecule has 1 atom stereocenters. The van der Waals surface area contributed by atoms with Crippen molar-refractivity contribution in [2.45, 2.75) is 36.5 Å². The molecule has 1 aromatic carbocycles. The molecule has 6 heteroatoms. The summed E-state index contributed by atoms with van der Waals surface area (Å²) in [6, 6.07) is 7.57. The van der Waals surface area contributed by atoms with Crippen LogP contribution in [-0.4, -0.2) is 28.6 Å². The highest BCUT2D eigenvalue weighted by Gasteiger charge is 2.12. The third kappa shape index (κ3) is 5.12. The molecule has 0 spiro atoms. The van der Waals surface area contributed by atoms with Crippen molar-refractivity contribution in [3.05, 3.63) is 46.4 Å². The molecule has 2 N–H and O–H groups in total. The number of thiazole rings is 1.